The van der Waals surface area contributed by atoms with Crippen LogP contribution in [-0.4, -0.2) is 43.0 Å². The van der Waals surface area contributed by atoms with Crippen molar-refractivity contribution in [3.05, 3.63) is 29.7 Å². The lowest BCUT2D eigenvalue weighted by atomic mass is 10.3. The first-order valence-electron chi connectivity index (χ1n) is 5.27. The van der Waals surface area contributed by atoms with Crippen molar-refractivity contribution in [3.63, 3.8) is 0 Å². The van der Waals surface area contributed by atoms with E-state index in [0.29, 0.717) is 18.2 Å². The SMILES string of the molecule is Cc1nc(CN(C)C(=O)c2cnc(N)cn2)n[nH]1. The number of H-pyrrole nitrogens is 1. The van der Waals surface area contributed by atoms with Crippen LogP contribution in [0, 0.1) is 6.92 Å². The van der Waals surface area contributed by atoms with Crippen molar-refractivity contribution < 1.29 is 4.79 Å². The van der Waals surface area contributed by atoms with Crippen LogP contribution in [0.2, 0.25) is 0 Å². The Hall–Kier alpha value is -2.51. The molecule has 2 rings (SSSR count). The van der Waals surface area contributed by atoms with Gasteiger partial charge in [0.2, 0.25) is 0 Å². The van der Waals surface area contributed by atoms with Crippen molar-refractivity contribution in [2.75, 3.05) is 12.8 Å². The van der Waals surface area contributed by atoms with Crippen molar-refractivity contribution in [3.8, 4) is 0 Å². The first kappa shape index (κ1) is 12.0. The lowest BCUT2D eigenvalue weighted by Crippen LogP contribution is -2.27. The van der Waals surface area contributed by atoms with Gasteiger partial charge in [0.25, 0.3) is 5.91 Å². The van der Waals surface area contributed by atoms with E-state index in [0.717, 1.165) is 0 Å². The predicted octanol–water partition coefficient (Wildman–Crippen LogP) is -0.242. The number of carbonyl (C=O) groups excluding carboxylic acids is 1. The van der Waals surface area contributed by atoms with Gasteiger partial charge in [-0.3, -0.25) is 9.89 Å². The molecule has 0 aliphatic heterocycles. The van der Waals surface area contributed by atoms with E-state index < -0.39 is 0 Å². The van der Waals surface area contributed by atoms with E-state index in [1.807, 2.05) is 0 Å². The third kappa shape index (κ3) is 2.59. The molecule has 0 bridgehead atoms. The molecule has 0 saturated carbocycles. The number of amides is 1. The second-order valence-corrected chi connectivity index (χ2v) is 3.82. The molecule has 2 aromatic rings. The van der Waals surface area contributed by atoms with Gasteiger partial charge >= 0.3 is 0 Å². The van der Waals surface area contributed by atoms with Crippen LogP contribution in [0.25, 0.3) is 0 Å². The number of nitrogen functional groups attached to an aromatic ring is 1. The Bertz CT molecular complexity index is 548. The molecule has 0 aliphatic rings. The van der Waals surface area contributed by atoms with Gasteiger partial charge < -0.3 is 10.6 Å². The van der Waals surface area contributed by atoms with Gasteiger partial charge in [-0.1, -0.05) is 0 Å². The molecule has 0 radical (unpaired) electrons. The number of hydrogen-bond donors (Lipinski definition) is 2. The number of anilines is 1. The molecule has 0 spiro atoms. The fourth-order valence-electron chi connectivity index (χ4n) is 1.39. The molecule has 1 amide bonds. The molecule has 3 N–H and O–H groups in total. The molecule has 8 nitrogen and oxygen atoms in total. The minimum Gasteiger partial charge on any atom is -0.382 e. The van der Waals surface area contributed by atoms with Crippen LogP contribution in [0.1, 0.15) is 22.1 Å². The Morgan fingerprint density at radius 2 is 2.22 bits per heavy atom. The van der Waals surface area contributed by atoms with Gasteiger partial charge in [0.05, 0.1) is 18.9 Å². The van der Waals surface area contributed by atoms with Gasteiger partial charge in [-0.15, -0.1) is 0 Å². The number of nitrogens with one attached hydrogen (secondary N) is 1. The highest BCUT2D eigenvalue weighted by molar-refractivity contribution is 5.91. The van der Waals surface area contributed by atoms with E-state index in [1.54, 1.807) is 14.0 Å². The lowest BCUT2D eigenvalue weighted by Gasteiger charge is -2.14. The Morgan fingerprint density at radius 3 is 2.78 bits per heavy atom. The normalized spacial score (nSPS) is 10.3. The number of aromatic amines is 1. The van der Waals surface area contributed by atoms with E-state index in [-0.39, 0.29) is 17.4 Å². The van der Waals surface area contributed by atoms with Gasteiger partial charge in [-0.25, -0.2) is 15.0 Å². The molecule has 0 saturated heterocycles. The van der Waals surface area contributed by atoms with Gasteiger partial charge in [-0.2, -0.15) is 5.10 Å². The van der Waals surface area contributed by atoms with Gasteiger partial charge in [-0.05, 0) is 6.92 Å². The number of hydrogen-bond acceptors (Lipinski definition) is 6. The highest BCUT2D eigenvalue weighted by atomic mass is 16.2. The molecule has 0 atom stereocenters. The predicted molar refractivity (Wildman–Crippen MR) is 63.4 cm³/mol. The Morgan fingerprint density at radius 1 is 1.44 bits per heavy atom. The number of carbonyl (C=O) groups is 1. The quantitative estimate of drug-likeness (QED) is 0.773. The molecule has 0 aromatic carbocycles. The number of nitrogens with two attached hydrogens (primary N) is 1. The third-order valence-electron chi connectivity index (χ3n) is 2.26. The summed E-state index contributed by atoms with van der Waals surface area (Å²) in [6.45, 7) is 2.10. The first-order valence-corrected chi connectivity index (χ1v) is 5.27. The van der Waals surface area contributed by atoms with Crippen LogP contribution >= 0.6 is 0 Å². The first-order chi connectivity index (χ1) is 8.56. The summed E-state index contributed by atoms with van der Waals surface area (Å²) in [6.07, 6.45) is 2.69. The zero-order chi connectivity index (χ0) is 13.1. The second kappa shape index (κ2) is 4.78. The summed E-state index contributed by atoms with van der Waals surface area (Å²) < 4.78 is 0. The van der Waals surface area contributed by atoms with E-state index in [1.165, 1.54) is 17.3 Å². The van der Waals surface area contributed by atoms with Crippen molar-refractivity contribution >= 4 is 11.7 Å². The van der Waals surface area contributed by atoms with Crippen LogP contribution in [0.5, 0.6) is 0 Å². The van der Waals surface area contributed by atoms with Crippen LogP contribution in [-0.2, 0) is 6.54 Å². The molecular weight excluding hydrogens is 234 g/mol. The Kier molecular flexibility index (Phi) is 3.18. The molecule has 0 unspecified atom stereocenters. The maximum atomic E-state index is 12.0. The van der Waals surface area contributed by atoms with Crippen LogP contribution in [0.3, 0.4) is 0 Å². The van der Waals surface area contributed by atoms with Crippen molar-refractivity contribution in [2.45, 2.75) is 13.5 Å². The summed E-state index contributed by atoms with van der Waals surface area (Å²) in [5.41, 5.74) is 5.64. The number of rotatable bonds is 3. The molecular formula is C10H13N7O. The van der Waals surface area contributed by atoms with E-state index >= 15 is 0 Å². The van der Waals surface area contributed by atoms with Crippen molar-refractivity contribution in [2.24, 2.45) is 0 Å². The molecule has 2 aromatic heterocycles. The summed E-state index contributed by atoms with van der Waals surface area (Å²) in [4.78, 5) is 25.3. The highest BCUT2D eigenvalue weighted by Crippen LogP contribution is 2.03. The summed E-state index contributed by atoms with van der Waals surface area (Å²) in [5.74, 6) is 1.27. The minimum absolute atomic E-state index is 0.235. The standard InChI is InChI=1S/C10H13N7O/c1-6-14-9(16-15-6)5-17(2)10(18)7-3-13-8(11)4-12-7/h3-4H,5H2,1-2H3,(H2,11,13)(H,14,15,16). The maximum absolute atomic E-state index is 12.0. The summed E-state index contributed by atoms with van der Waals surface area (Å²) in [6, 6.07) is 0. The zero-order valence-electron chi connectivity index (χ0n) is 10.1. The van der Waals surface area contributed by atoms with Gasteiger partial charge in [0.15, 0.2) is 5.82 Å². The molecule has 0 fully saturated rings. The van der Waals surface area contributed by atoms with Crippen LogP contribution < -0.4 is 5.73 Å². The fourth-order valence-corrected chi connectivity index (χ4v) is 1.39. The number of aromatic nitrogens is 5. The minimum atomic E-state index is -0.259. The number of aryl methyl sites for hydroxylation is 1. The highest BCUT2D eigenvalue weighted by Gasteiger charge is 2.15. The van der Waals surface area contributed by atoms with Crippen LogP contribution in [0.15, 0.2) is 12.4 Å². The molecule has 18 heavy (non-hydrogen) atoms. The Balaban J connectivity index is 2.07. The topological polar surface area (TPSA) is 114 Å². The Labute approximate surface area is 103 Å². The van der Waals surface area contributed by atoms with Crippen LogP contribution in [0.4, 0.5) is 5.82 Å². The largest absolute Gasteiger partial charge is 0.382 e. The summed E-state index contributed by atoms with van der Waals surface area (Å²) in [5, 5.41) is 6.68. The zero-order valence-corrected chi connectivity index (χ0v) is 10.1. The van der Waals surface area contributed by atoms with E-state index in [9.17, 15) is 4.79 Å². The summed E-state index contributed by atoms with van der Waals surface area (Å²) >= 11 is 0. The smallest absolute Gasteiger partial charge is 0.274 e. The fraction of sp³-hybridized carbons (Fsp3) is 0.300. The third-order valence-corrected chi connectivity index (χ3v) is 2.26. The average molecular weight is 247 g/mol. The van der Waals surface area contributed by atoms with E-state index in [2.05, 4.69) is 25.1 Å². The van der Waals surface area contributed by atoms with Crippen molar-refractivity contribution in [1.29, 1.82) is 0 Å². The van der Waals surface area contributed by atoms with Gasteiger partial charge in [0.1, 0.15) is 17.3 Å². The molecule has 8 heteroatoms. The molecule has 94 valence electrons. The molecule has 2 heterocycles. The molecule has 0 aliphatic carbocycles. The van der Waals surface area contributed by atoms with Crippen molar-refractivity contribution in [1.82, 2.24) is 30.0 Å². The monoisotopic (exact) mass is 247 g/mol. The number of nitrogens with zero attached hydrogens (tertiary/aromatic N) is 5. The summed E-state index contributed by atoms with van der Waals surface area (Å²) in [7, 11) is 1.64. The van der Waals surface area contributed by atoms with E-state index in [4.69, 9.17) is 5.73 Å². The lowest BCUT2D eigenvalue weighted by molar-refractivity contribution is 0.0775. The average Bonchev–Trinajstić information content (AvgIpc) is 2.75. The van der Waals surface area contributed by atoms with Gasteiger partial charge in [0, 0.05) is 7.05 Å². The maximum Gasteiger partial charge on any atom is 0.274 e. The second-order valence-electron chi connectivity index (χ2n) is 3.82.